The van der Waals surface area contributed by atoms with Crippen LogP contribution < -0.4 is 0 Å². The molecule has 2 fully saturated rings. The van der Waals surface area contributed by atoms with Crippen LogP contribution in [0.25, 0.3) is 0 Å². The molecular formula is C25H31BrN2O2. The van der Waals surface area contributed by atoms with Gasteiger partial charge in [-0.1, -0.05) is 46.3 Å². The van der Waals surface area contributed by atoms with E-state index in [1.54, 1.807) is 6.07 Å². The monoisotopic (exact) mass is 470 g/mol. The molecule has 2 saturated heterocycles. The highest BCUT2D eigenvalue weighted by Gasteiger charge is 2.31. The second kappa shape index (κ2) is 9.97. The van der Waals surface area contributed by atoms with Gasteiger partial charge in [-0.05, 0) is 68.3 Å². The van der Waals surface area contributed by atoms with Crippen molar-refractivity contribution in [3.8, 4) is 5.75 Å². The zero-order valence-electron chi connectivity index (χ0n) is 17.5. The lowest BCUT2D eigenvalue weighted by atomic mass is 9.89. The molecule has 0 spiro atoms. The Morgan fingerprint density at radius 3 is 2.57 bits per heavy atom. The Hall–Kier alpha value is -1.85. The number of phenolic OH excluding ortho intramolecular Hbond substituents is 1. The summed E-state index contributed by atoms with van der Waals surface area (Å²) in [4.78, 5) is 17.6. The molecule has 0 aliphatic carbocycles. The van der Waals surface area contributed by atoms with Crippen LogP contribution in [0.15, 0.2) is 53.0 Å². The van der Waals surface area contributed by atoms with Crippen LogP contribution in [0.1, 0.15) is 36.8 Å². The highest BCUT2D eigenvalue weighted by molar-refractivity contribution is 9.10. The molecule has 4 rings (SSSR count). The number of amides is 1. The Morgan fingerprint density at radius 2 is 1.80 bits per heavy atom. The highest BCUT2D eigenvalue weighted by Crippen LogP contribution is 2.28. The molecule has 1 unspecified atom stereocenters. The SMILES string of the molecule is O=C(C1CCCN(Cc2cc(Br)ccc2O)C1)N1CCC(Cc2ccccc2)CC1. The van der Waals surface area contributed by atoms with Crippen LogP contribution in [-0.4, -0.2) is 47.0 Å². The van der Waals surface area contributed by atoms with E-state index >= 15 is 0 Å². The lowest BCUT2D eigenvalue weighted by Gasteiger charge is -2.38. The van der Waals surface area contributed by atoms with Gasteiger partial charge in [-0.3, -0.25) is 9.69 Å². The largest absolute Gasteiger partial charge is 0.508 e. The first-order chi connectivity index (χ1) is 14.6. The Kier molecular flexibility index (Phi) is 7.11. The molecule has 1 N–H and O–H groups in total. The van der Waals surface area contributed by atoms with E-state index < -0.39 is 0 Å². The lowest BCUT2D eigenvalue weighted by molar-refractivity contribution is -0.138. The number of benzene rings is 2. The first kappa shape index (κ1) is 21.4. The number of aromatic hydroxyl groups is 1. The van der Waals surface area contributed by atoms with E-state index in [9.17, 15) is 9.90 Å². The lowest BCUT2D eigenvalue weighted by Crippen LogP contribution is -2.47. The third-order valence-corrected chi connectivity index (χ3v) is 7.08. The Morgan fingerprint density at radius 1 is 1.03 bits per heavy atom. The van der Waals surface area contributed by atoms with E-state index in [0.717, 1.165) is 68.3 Å². The second-order valence-corrected chi connectivity index (χ2v) is 9.72. The molecule has 0 bridgehead atoms. The van der Waals surface area contributed by atoms with E-state index in [1.165, 1.54) is 5.56 Å². The molecule has 5 heteroatoms. The van der Waals surface area contributed by atoms with Crippen LogP contribution in [0.4, 0.5) is 0 Å². The van der Waals surface area contributed by atoms with Crippen molar-refractivity contribution in [1.82, 2.24) is 9.80 Å². The van der Waals surface area contributed by atoms with Gasteiger partial charge in [0.05, 0.1) is 5.92 Å². The highest BCUT2D eigenvalue weighted by atomic mass is 79.9. The minimum Gasteiger partial charge on any atom is -0.508 e. The molecule has 160 valence electrons. The average Bonchev–Trinajstić information content (AvgIpc) is 2.77. The molecule has 4 nitrogen and oxygen atoms in total. The summed E-state index contributed by atoms with van der Waals surface area (Å²) in [5.41, 5.74) is 2.32. The zero-order chi connectivity index (χ0) is 20.9. The Labute approximate surface area is 188 Å². The van der Waals surface area contributed by atoms with Crippen molar-refractivity contribution in [2.24, 2.45) is 11.8 Å². The molecule has 0 aromatic heterocycles. The van der Waals surface area contributed by atoms with Gasteiger partial charge in [-0.2, -0.15) is 0 Å². The van der Waals surface area contributed by atoms with Gasteiger partial charge in [0.25, 0.3) is 0 Å². The van der Waals surface area contributed by atoms with Crippen LogP contribution in [0, 0.1) is 11.8 Å². The average molecular weight is 471 g/mol. The Bertz CT molecular complexity index is 849. The number of piperidine rings is 2. The summed E-state index contributed by atoms with van der Waals surface area (Å²) < 4.78 is 0.971. The van der Waals surface area contributed by atoms with E-state index in [1.807, 2.05) is 12.1 Å². The molecule has 0 saturated carbocycles. The maximum absolute atomic E-state index is 13.2. The summed E-state index contributed by atoms with van der Waals surface area (Å²) in [7, 11) is 0. The van der Waals surface area contributed by atoms with Crippen LogP contribution in [0.3, 0.4) is 0 Å². The molecule has 2 aliphatic rings. The van der Waals surface area contributed by atoms with Crippen molar-refractivity contribution >= 4 is 21.8 Å². The Balaban J connectivity index is 1.29. The minimum atomic E-state index is 0.0821. The summed E-state index contributed by atoms with van der Waals surface area (Å²) >= 11 is 3.48. The van der Waals surface area contributed by atoms with Crippen molar-refractivity contribution in [2.45, 2.75) is 38.6 Å². The van der Waals surface area contributed by atoms with Crippen molar-refractivity contribution in [3.63, 3.8) is 0 Å². The second-order valence-electron chi connectivity index (χ2n) is 8.81. The molecule has 1 amide bonds. The maximum Gasteiger partial charge on any atom is 0.226 e. The van der Waals surface area contributed by atoms with Gasteiger partial charge in [0.2, 0.25) is 5.91 Å². The van der Waals surface area contributed by atoms with Gasteiger partial charge in [0, 0.05) is 36.2 Å². The minimum absolute atomic E-state index is 0.0821. The van der Waals surface area contributed by atoms with Crippen molar-refractivity contribution in [2.75, 3.05) is 26.2 Å². The summed E-state index contributed by atoms with van der Waals surface area (Å²) in [5.74, 6) is 1.42. The molecule has 2 aliphatic heterocycles. The molecule has 2 aromatic rings. The number of nitrogens with zero attached hydrogens (tertiary/aromatic N) is 2. The third-order valence-electron chi connectivity index (χ3n) is 6.58. The number of hydrogen-bond acceptors (Lipinski definition) is 3. The van der Waals surface area contributed by atoms with E-state index in [4.69, 9.17) is 0 Å². The summed E-state index contributed by atoms with van der Waals surface area (Å²) in [6.07, 6.45) is 5.33. The number of carbonyl (C=O) groups is 1. The van der Waals surface area contributed by atoms with Crippen LogP contribution in [0.5, 0.6) is 5.75 Å². The van der Waals surface area contributed by atoms with Gasteiger partial charge in [-0.25, -0.2) is 0 Å². The van der Waals surface area contributed by atoms with Gasteiger partial charge in [0.1, 0.15) is 5.75 Å². The van der Waals surface area contributed by atoms with Crippen molar-refractivity contribution in [1.29, 1.82) is 0 Å². The van der Waals surface area contributed by atoms with E-state index in [0.29, 0.717) is 24.1 Å². The van der Waals surface area contributed by atoms with Gasteiger partial charge in [-0.15, -0.1) is 0 Å². The maximum atomic E-state index is 13.2. The molecule has 1 atom stereocenters. The van der Waals surface area contributed by atoms with E-state index in [2.05, 4.69) is 56.1 Å². The molecule has 2 heterocycles. The number of likely N-dealkylation sites (tertiary alicyclic amines) is 2. The first-order valence-corrected chi connectivity index (χ1v) is 11.9. The number of phenols is 1. The fraction of sp³-hybridized carbons (Fsp3) is 0.480. The number of hydrogen-bond donors (Lipinski definition) is 1. The molecule has 0 radical (unpaired) electrons. The molecule has 30 heavy (non-hydrogen) atoms. The van der Waals surface area contributed by atoms with Crippen LogP contribution in [-0.2, 0) is 17.8 Å². The number of carbonyl (C=O) groups excluding carboxylic acids is 1. The molecular weight excluding hydrogens is 440 g/mol. The predicted molar refractivity (Wildman–Crippen MR) is 123 cm³/mol. The van der Waals surface area contributed by atoms with Crippen molar-refractivity contribution < 1.29 is 9.90 Å². The first-order valence-electron chi connectivity index (χ1n) is 11.1. The van der Waals surface area contributed by atoms with Gasteiger partial charge >= 0.3 is 0 Å². The normalized spacial score (nSPS) is 21.0. The fourth-order valence-corrected chi connectivity index (χ4v) is 5.29. The number of halogens is 1. The standard InChI is InChI=1S/C25H31BrN2O2/c26-23-8-9-24(29)22(16-23)18-27-12-4-7-21(17-27)25(30)28-13-10-20(11-14-28)15-19-5-2-1-3-6-19/h1-3,5-6,8-9,16,20-21,29H,4,7,10-15,17-18H2. The van der Waals surface area contributed by atoms with Gasteiger partial charge < -0.3 is 10.0 Å². The topological polar surface area (TPSA) is 43.8 Å². The fourth-order valence-electron chi connectivity index (χ4n) is 4.89. The molecule has 2 aromatic carbocycles. The summed E-state index contributed by atoms with van der Waals surface area (Å²) in [6.45, 7) is 4.23. The van der Waals surface area contributed by atoms with Crippen LogP contribution >= 0.6 is 15.9 Å². The smallest absolute Gasteiger partial charge is 0.226 e. The predicted octanol–water partition coefficient (Wildman–Crippen LogP) is 4.85. The van der Waals surface area contributed by atoms with E-state index in [-0.39, 0.29) is 5.92 Å². The summed E-state index contributed by atoms with van der Waals surface area (Å²) in [6, 6.07) is 16.2. The van der Waals surface area contributed by atoms with Crippen LogP contribution in [0.2, 0.25) is 0 Å². The van der Waals surface area contributed by atoms with Gasteiger partial charge in [0.15, 0.2) is 0 Å². The van der Waals surface area contributed by atoms with Crippen molar-refractivity contribution in [3.05, 3.63) is 64.1 Å². The number of rotatable bonds is 5. The third kappa shape index (κ3) is 5.44. The zero-order valence-corrected chi connectivity index (χ0v) is 19.1. The summed E-state index contributed by atoms with van der Waals surface area (Å²) in [5, 5.41) is 10.2. The quantitative estimate of drug-likeness (QED) is 0.678.